The lowest BCUT2D eigenvalue weighted by atomic mass is 10.2. The van der Waals surface area contributed by atoms with Gasteiger partial charge in [-0.05, 0) is 12.1 Å². The van der Waals surface area contributed by atoms with Crippen molar-refractivity contribution >= 4 is 6.09 Å². The van der Waals surface area contributed by atoms with Gasteiger partial charge in [0.2, 0.25) is 0 Å². The molecule has 0 aromatic heterocycles. The molecular formula is C11H9F4NO2. The zero-order valence-electron chi connectivity index (χ0n) is 9.08. The third kappa shape index (κ3) is 2.55. The topological polar surface area (TPSA) is 29.5 Å². The number of ether oxygens (including phenoxy) is 1. The zero-order chi connectivity index (χ0) is 13.3. The molecule has 0 saturated carbocycles. The predicted octanol–water partition coefficient (Wildman–Crippen LogP) is 2.86. The maximum Gasteiger partial charge on any atom is 0.419 e. The molecule has 0 aliphatic carbocycles. The fourth-order valence-corrected chi connectivity index (χ4v) is 1.52. The van der Waals surface area contributed by atoms with Crippen LogP contribution in [-0.4, -0.2) is 30.3 Å². The van der Waals surface area contributed by atoms with Crippen LogP contribution in [0.25, 0.3) is 0 Å². The Morgan fingerprint density at radius 2 is 1.89 bits per heavy atom. The van der Waals surface area contributed by atoms with Crippen LogP contribution in [0.4, 0.5) is 22.4 Å². The van der Waals surface area contributed by atoms with Gasteiger partial charge in [0.15, 0.2) is 0 Å². The van der Waals surface area contributed by atoms with E-state index in [4.69, 9.17) is 0 Å². The fourth-order valence-electron chi connectivity index (χ4n) is 1.52. The summed E-state index contributed by atoms with van der Waals surface area (Å²) in [5, 5.41) is 0. The largest absolute Gasteiger partial charge is 0.419 e. The number of carbonyl (C=O) groups excluding carboxylic acids is 1. The first-order chi connectivity index (χ1) is 8.38. The van der Waals surface area contributed by atoms with Gasteiger partial charge in [0.05, 0.1) is 18.7 Å². The van der Waals surface area contributed by atoms with Crippen molar-refractivity contribution < 1.29 is 27.1 Å². The van der Waals surface area contributed by atoms with Gasteiger partial charge in [0, 0.05) is 0 Å². The summed E-state index contributed by atoms with van der Waals surface area (Å²) in [6.07, 6.45) is -6.70. The Hall–Kier alpha value is -1.79. The number of nitrogens with zero attached hydrogens (tertiary/aromatic N) is 1. The molecule has 1 amide bonds. The van der Waals surface area contributed by atoms with Gasteiger partial charge < -0.3 is 9.64 Å². The van der Waals surface area contributed by atoms with Crippen molar-refractivity contribution in [2.24, 2.45) is 0 Å². The van der Waals surface area contributed by atoms with E-state index < -0.39 is 29.8 Å². The lowest BCUT2D eigenvalue weighted by molar-refractivity contribution is -0.138. The number of likely N-dealkylation sites (tertiary alicyclic amines) is 1. The van der Waals surface area contributed by atoms with Gasteiger partial charge in [-0.25, -0.2) is 9.18 Å². The van der Waals surface area contributed by atoms with Gasteiger partial charge in [-0.3, -0.25) is 0 Å². The summed E-state index contributed by atoms with van der Waals surface area (Å²) in [4.78, 5) is 12.4. The Morgan fingerprint density at radius 3 is 2.44 bits per heavy atom. The van der Waals surface area contributed by atoms with Crippen molar-refractivity contribution in [3.8, 4) is 5.75 Å². The molecule has 18 heavy (non-hydrogen) atoms. The molecule has 7 heteroatoms. The molecule has 0 bridgehead atoms. The van der Waals surface area contributed by atoms with Crippen LogP contribution in [0.15, 0.2) is 24.3 Å². The van der Waals surface area contributed by atoms with E-state index in [0.29, 0.717) is 0 Å². The Morgan fingerprint density at radius 1 is 1.28 bits per heavy atom. The van der Waals surface area contributed by atoms with E-state index in [1.165, 1.54) is 12.1 Å². The molecule has 0 unspecified atom stereocenters. The Balaban J connectivity index is 2.12. The fraction of sp³-hybridized carbons (Fsp3) is 0.364. The first-order valence-corrected chi connectivity index (χ1v) is 5.15. The summed E-state index contributed by atoms with van der Waals surface area (Å²) in [6.45, 7) is -0.292. The normalized spacial score (nSPS) is 16.3. The van der Waals surface area contributed by atoms with Crippen LogP contribution in [0.2, 0.25) is 0 Å². The van der Waals surface area contributed by atoms with Gasteiger partial charge in [-0.1, -0.05) is 12.1 Å². The average Bonchev–Trinajstić information content (AvgIpc) is 2.24. The van der Waals surface area contributed by atoms with Crippen LogP contribution in [0.3, 0.4) is 0 Å². The van der Waals surface area contributed by atoms with Gasteiger partial charge in [-0.2, -0.15) is 13.2 Å². The molecule has 98 valence electrons. The Labute approximate surface area is 99.9 Å². The Kier molecular flexibility index (Phi) is 3.14. The highest BCUT2D eigenvalue weighted by molar-refractivity contribution is 5.72. The molecule has 0 spiro atoms. The maximum absolute atomic E-state index is 12.6. The van der Waals surface area contributed by atoms with Gasteiger partial charge in [0.25, 0.3) is 0 Å². The molecule has 1 heterocycles. The molecule has 1 aromatic carbocycles. The van der Waals surface area contributed by atoms with Crippen molar-refractivity contribution in [3.05, 3.63) is 29.8 Å². The third-order valence-electron chi connectivity index (χ3n) is 2.48. The van der Waals surface area contributed by atoms with Crippen molar-refractivity contribution in [2.75, 3.05) is 13.1 Å². The summed E-state index contributed by atoms with van der Waals surface area (Å²) >= 11 is 0. The van der Waals surface area contributed by atoms with Crippen LogP contribution in [0, 0.1) is 0 Å². The average molecular weight is 263 g/mol. The predicted molar refractivity (Wildman–Crippen MR) is 53.9 cm³/mol. The van der Waals surface area contributed by atoms with Gasteiger partial charge in [0.1, 0.15) is 11.9 Å². The molecule has 2 rings (SSSR count). The van der Waals surface area contributed by atoms with Crippen LogP contribution in [0.1, 0.15) is 5.56 Å². The minimum atomic E-state index is -4.60. The second kappa shape index (κ2) is 4.47. The highest BCUT2D eigenvalue weighted by Gasteiger charge is 2.36. The minimum Gasteiger partial charge on any atom is -0.410 e. The maximum atomic E-state index is 12.6. The first kappa shape index (κ1) is 12.7. The van der Waals surface area contributed by atoms with E-state index in [0.717, 1.165) is 17.0 Å². The van der Waals surface area contributed by atoms with E-state index in [-0.39, 0.29) is 13.1 Å². The summed E-state index contributed by atoms with van der Waals surface area (Å²) < 4.78 is 54.9. The van der Waals surface area contributed by atoms with Crippen LogP contribution < -0.4 is 4.74 Å². The van der Waals surface area contributed by atoms with E-state index in [9.17, 15) is 22.4 Å². The lowest BCUT2D eigenvalue weighted by Gasteiger charge is -2.33. The van der Waals surface area contributed by atoms with Crippen molar-refractivity contribution in [2.45, 2.75) is 12.3 Å². The van der Waals surface area contributed by atoms with Crippen molar-refractivity contribution in [3.63, 3.8) is 0 Å². The molecular weight excluding hydrogens is 254 g/mol. The van der Waals surface area contributed by atoms with Gasteiger partial charge in [-0.15, -0.1) is 0 Å². The summed E-state index contributed by atoms with van der Waals surface area (Å²) in [6, 6.07) is 4.39. The minimum absolute atomic E-state index is 0.146. The van der Waals surface area contributed by atoms with Gasteiger partial charge >= 0.3 is 12.3 Å². The van der Waals surface area contributed by atoms with Crippen LogP contribution in [-0.2, 0) is 6.18 Å². The summed E-state index contributed by atoms with van der Waals surface area (Å²) in [5.74, 6) is -0.572. The van der Waals surface area contributed by atoms with E-state index in [1.807, 2.05) is 0 Å². The standard InChI is InChI=1S/C11H9F4NO2/c12-7-5-16(6-7)10(17)18-9-4-2-1-3-8(9)11(13,14)15/h1-4,7H,5-6H2. The summed E-state index contributed by atoms with van der Waals surface area (Å²) in [7, 11) is 0. The number of amides is 1. The molecule has 0 atom stereocenters. The monoisotopic (exact) mass is 263 g/mol. The van der Waals surface area contributed by atoms with E-state index in [1.54, 1.807) is 0 Å². The van der Waals surface area contributed by atoms with Crippen molar-refractivity contribution in [1.29, 1.82) is 0 Å². The molecule has 1 saturated heterocycles. The number of carbonyl (C=O) groups is 1. The molecule has 3 nitrogen and oxygen atoms in total. The number of para-hydroxylation sites is 1. The second-order valence-electron chi connectivity index (χ2n) is 3.86. The third-order valence-corrected chi connectivity index (χ3v) is 2.48. The highest BCUT2D eigenvalue weighted by atomic mass is 19.4. The smallest absolute Gasteiger partial charge is 0.410 e. The molecule has 0 N–H and O–H groups in total. The highest BCUT2D eigenvalue weighted by Crippen LogP contribution is 2.36. The molecule has 1 fully saturated rings. The SMILES string of the molecule is O=C(Oc1ccccc1C(F)(F)F)N1CC(F)C1. The zero-order valence-corrected chi connectivity index (χ0v) is 9.08. The molecule has 1 aliphatic heterocycles. The van der Waals surface area contributed by atoms with Crippen LogP contribution >= 0.6 is 0 Å². The second-order valence-corrected chi connectivity index (χ2v) is 3.86. The lowest BCUT2D eigenvalue weighted by Crippen LogP contribution is -2.52. The number of halogens is 4. The number of hydrogen-bond acceptors (Lipinski definition) is 2. The quantitative estimate of drug-likeness (QED) is 0.729. The number of hydrogen-bond donors (Lipinski definition) is 0. The number of alkyl halides is 4. The Bertz CT molecular complexity index is 455. The molecule has 0 radical (unpaired) electrons. The number of rotatable bonds is 1. The van der Waals surface area contributed by atoms with E-state index in [2.05, 4.69) is 4.74 Å². The van der Waals surface area contributed by atoms with E-state index >= 15 is 0 Å². The molecule has 1 aromatic rings. The van der Waals surface area contributed by atoms with Crippen molar-refractivity contribution in [1.82, 2.24) is 4.90 Å². The summed E-state index contributed by atoms with van der Waals surface area (Å²) in [5.41, 5.74) is -1.03. The first-order valence-electron chi connectivity index (χ1n) is 5.15. The van der Waals surface area contributed by atoms with Crippen LogP contribution in [0.5, 0.6) is 5.75 Å². The molecule has 1 aliphatic rings. The number of benzene rings is 1.